The van der Waals surface area contributed by atoms with Crippen LogP contribution < -0.4 is 11.1 Å². The number of amides is 1. The Bertz CT molecular complexity index is 529. The van der Waals surface area contributed by atoms with Crippen LogP contribution in [0.5, 0.6) is 0 Å². The van der Waals surface area contributed by atoms with Crippen molar-refractivity contribution in [3.05, 3.63) is 29.0 Å². The van der Waals surface area contributed by atoms with E-state index in [9.17, 15) is 4.79 Å². The molecule has 1 amide bonds. The van der Waals surface area contributed by atoms with Crippen LogP contribution in [0.4, 0.5) is 10.8 Å². The van der Waals surface area contributed by atoms with E-state index in [0.717, 1.165) is 5.69 Å². The predicted octanol–water partition coefficient (Wildman–Crippen LogP) is 2.43. The molecule has 0 atom stereocenters. The second-order valence-electron chi connectivity index (χ2n) is 4.03. The average molecular weight is 250 g/mol. The third-order valence-electron chi connectivity index (χ3n) is 2.28. The highest BCUT2D eigenvalue weighted by molar-refractivity contribution is 7.14. The Morgan fingerprint density at radius 1 is 1.59 bits per heavy atom. The van der Waals surface area contributed by atoms with Gasteiger partial charge in [-0.3, -0.25) is 10.1 Å². The molecule has 0 aliphatic carbocycles. The van der Waals surface area contributed by atoms with Crippen LogP contribution in [-0.2, 0) is 0 Å². The number of nitrogens with two attached hydrogens (primary N) is 1. The number of hydrogen-bond donors (Lipinski definition) is 3. The maximum absolute atomic E-state index is 11.8. The Morgan fingerprint density at radius 2 is 2.35 bits per heavy atom. The summed E-state index contributed by atoms with van der Waals surface area (Å²) in [7, 11) is 0. The maximum Gasteiger partial charge on any atom is 0.273 e. The van der Waals surface area contributed by atoms with Crippen molar-refractivity contribution in [3.8, 4) is 0 Å². The van der Waals surface area contributed by atoms with Gasteiger partial charge in [0.1, 0.15) is 5.69 Å². The fraction of sp³-hybridized carbons (Fsp3) is 0.273. The van der Waals surface area contributed by atoms with Crippen LogP contribution in [0.2, 0.25) is 0 Å². The van der Waals surface area contributed by atoms with E-state index < -0.39 is 0 Å². The molecule has 0 saturated carbocycles. The van der Waals surface area contributed by atoms with Crippen molar-refractivity contribution in [1.82, 2.24) is 9.97 Å². The molecule has 90 valence electrons. The lowest BCUT2D eigenvalue weighted by atomic mass is 10.2. The molecule has 4 N–H and O–H groups in total. The molecule has 0 aromatic carbocycles. The van der Waals surface area contributed by atoms with Gasteiger partial charge in [0.15, 0.2) is 5.13 Å². The first-order valence-corrected chi connectivity index (χ1v) is 6.15. The number of carbonyl (C=O) groups excluding carboxylic acids is 1. The Morgan fingerprint density at radius 3 is 2.88 bits per heavy atom. The van der Waals surface area contributed by atoms with Gasteiger partial charge < -0.3 is 10.7 Å². The minimum absolute atomic E-state index is 0.230. The summed E-state index contributed by atoms with van der Waals surface area (Å²) in [4.78, 5) is 18.9. The first-order chi connectivity index (χ1) is 8.06. The molecule has 2 rings (SSSR count). The molecule has 17 heavy (non-hydrogen) atoms. The van der Waals surface area contributed by atoms with Gasteiger partial charge in [-0.15, -0.1) is 11.3 Å². The molecular formula is C11H14N4OS. The number of rotatable bonds is 3. The van der Waals surface area contributed by atoms with Gasteiger partial charge in [0.2, 0.25) is 0 Å². The molecule has 2 aromatic rings. The number of hydrogen-bond acceptors (Lipinski definition) is 4. The van der Waals surface area contributed by atoms with Crippen LogP contribution in [0.3, 0.4) is 0 Å². The van der Waals surface area contributed by atoms with Crippen LogP contribution in [-0.4, -0.2) is 15.9 Å². The van der Waals surface area contributed by atoms with Gasteiger partial charge in [-0.25, -0.2) is 4.98 Å². The number of nitrogens with zero attached hydrogens (tertiary/aromatic N) is 1. The molecular weight excluding hydrogens is 236 g/mol. The third kappa shape index (κ3) is 2.65. The molecule has 0 aliphatic heterocycles. The molecule has 0 spiro atoms. The second-order valence-corrected chi connectivity index (χ2v) is 4.89. The minimum atomic E-state index is -0.230. The highest BCUT2D eigenvalue weighted by Crippen LogP contribution is 2.21. The molecule has 0 saturated heterocycles. The van der Waals surface area contributed by atoms with E-state index in [0.29, 0.717) is 22.4 Å². The summed E-state index contributed by atoms with van der Waals surface area (Å²) in [6.45, 7) is 4.12. The van der Waals surface area contributed by atoms with Crippen molar-refractivity contribution in [2.45, 2.75) is 19.8 Å². The van der Waals surface area contributed by atoms with Crippen molar-refractivity contribution in [3.63, 3.8) is 0 Å². The number of nitrogens with one attached hydrogen (secondary N) is 2. The highest BCUT2D eigenvalue weighted by atomic mass is 32.1. The van der Waals surface area contributed by atoms with Gasteiger partial charge >= 0.3 is 0 Å². The van der Waals surface area contributed by atoms with Crippen molar-refractivity contribution < 1.29 is 4.79 Å². The SMILES string of the molecule is CC(C)c1csc(NC(=O)c2cc(N)c[nH]2)n1. The van der Waals surface area contributed by atoms with Crippen molar-refractivity contribution in [1.29, 1.82) is 0 Å². The van der Waals surface area contributed by atoms with Gasteiger partial charge in [0.05, 0.1) is 5.69 Å². The zero-order chi connectivity index (χ0) is 12.4. The first kappa shape index (κ1) is 11.7. The molecule has 0 aliphatic rings. The Hall–Kier alpha value is -1.82. The molecule has 2 aromatic heterocycles. The van der Waals surface area contributed by atoms with Gasteiger partial charge in [-0.1, -0.05) is 13.8 Å². The van der Waals surface area contributed by atoms with Crippen molar-refractivity contribution in [2.24, 2.45) is 0 Å². The monoisotopic (exact) mass is 250 g/mol. The maximum atomic E-state index is 11.8. The van der Waals surface area contributed by atoms with Gasteiger partial charge in [-0.05, 0) is 12.0 Å². The fourth-order valence-corrected chi connectivity index (χ4v) is 2.18. The van der Waals surface area contributed by atoms with E-state index in [1.54, 1.807) is 12.3 Å². The largest absolute Gasteiger partial charge is 0.397 e. The Kier molecular flexibility index (Phi) is 3.14. The quantitative estimate of drug-likeness (QED) is 0.782. The normalized spacial score (nSPS) is 10.8. The van der Waals surface area contributed by atoms with E-state index in [1.165, 1.54) is 11.3 Å². The standard InChI is InChI=1S/C11H14N4OS/c1-6(2)9-5-17-11(14-9)15-10(16)8-3-7(12)4-13-8/h3-6,13H,12H2,1-2H3,(H,14,15,16). The molecule has 0 bridgehead atoms. The highest BCUT2D eigenvalue weighted by Gasteiger charge is 2.11. The van der Waals surface area contributed by atoms with Crippen LogP contribution in [0.25, 0.3) is 0 Å². The zero-order valence-electron chi connectivity index (χ0n) is 9.65. The lowest BCUT2D eigenvalue weighted by molar-refractivity contribution is 0.102. The lowest BCUT2D eigenvalue weighted by Crippen LogP contribution is -2.12. The fourth-order valence-electron chi connectivity index (χ4n) is 1.32. The number of anilines is 2. The lowest BCUT2D eigenvalue weighted by Gasteiger charge is -1.99. The van der Waals surface area contributed by atoms with Crippen LogP contribution in [0.1, 0.15) is 35.9 Å². The van der Waals surface area contributed by atoms with E-state index in [1.807, 2.05) is 5.38 Å². The number of aromatic nitrogens is 2. The van der Waals surface area contributed by atoms with E-state index >= 15 is 0 Å². The van der Waals surface area contributed by atoms with E-state index in [-0.39, 0.29) is 5.91 Å². The summed E-state index contributed by atoms with van der Waals surface area (Å²) < 4.78 is 0. The average Bonchev–Trinajstić information content (AvgIpc) is 2.86. The number of H-pyrrole nitrogens is 1. The third-order valence-corrected chi connectivity index (χ3v) is 3.06. The van der Waals surface area contributed by atoms with Crippen LogP contribution >= 0.6 is 11.3 Å². The Labute approximate surface area is 103 Å². The summed E-state index contributed by atoms with van der Waals surface area (Å²) in [6, 6.07) is 1.59. The molecule has 5 nitrogen and oxygen atoms in total. The second kappa shape index (κ2) is 4.58. The molecule has 0 unspecified atom stereocenters. The zero-order valence-corrected chi connectivity index (χ0v) is 10.5. The molecule has 2 heterocycles. The smallest absolute Gasteiger partial charge is 0.273 e. The Balaban J connectivity index is 2.07. The minimum Gasteiger partial charge on any atom is -0.397 e. The molecule has 0 fully saturated rings. The number of aromatic amines is 1. The van der Waals surface area contributed by atoms with Gasteiger partial charge in [0.25, 0.3) is 5.91 Å². The summed E-state index contributed by atoms with van der Waals surface area (Å²) in [5.74, 6) is 0.129. The predicted molar refractivity (Wildman–Crippen MR) is 69.4 cm³/mol. The summed E-state index contributed by atoms with van der Waals surface area (Å²) >= 11 is 1.42. The summed E-state index contributed by atoms with van der Waals surface area (Å²) in [6.07, 6.45) is 1.58. The van der Waals surface area contributed by atoms with Crippen molar-refractivity contribution >= 4 is 28.1 Å². The number of thiazole rings is 1. The first-order valence-electron chi connectivity index (χ1n) is 5.27. The summed E-state index contributed by atoms with van der Waals surface area (Å²) in [5, 5.41) is 5.28. The van der Waals surface area contributed by atoms with E-state index in [2.05, 4.69) is 29.1 Å². The molecule has 0 radical (unpaired) electrons. The number of nitrogen functional groups attached to an aromatic ring is 1. The van der Waals surface area contributed by atoms with Crippen LogP contribution in [0.15, 0.2) is 17.6 Å². The number of carbonyl (C=O) groups is 1. The van der Waals surface area contributed by atoms with E-state index in [4.69, 9.17) is 5.73 Å². The van der Waals surface area contributed by atoms with Crippen molar-refractivity contribution in [2.75, 3.05) is 11.1 Å². The molecule has 6 heteroatoms. The summed E-state index contributed by atoms with van der Waals surface area (Å²) in [5.41, 5.74) is 7.49. The van der Waals surface area contributed by atoms with Gasteiger partial charge in [-0.2, -0.15) is 0 Å². The van der Waals surface area contributed by atoms with Crippen LogP contribution in [0, 0.1) is 0 Å². The van der Waals surface area contributed by atoms with Gasteiger partial charge in [0, 0.05) is 17.3 Å². The topological polar surface area (TPSA) is 83.8 Å².